The van der Waals surface area contributed by atoms with Gasteiger partial charge in [-0.1, -0.05) is 46.9 Å². The number of nitrogens with one attached hydrogen (secondary N) is 2. The summed E-state index contributed by atoms with van der Waals surface area (Å²) in [5, 5.41) is 9.40. The Morgan fingerprint density at radius 2 is 1.82 bits per heavy atom. The number of hydrogen-bond donors (Lipinski definition) is 3. The number of nitrogens with zero attached hydrogens (tertiary/aromatic N) is 3. The van der Waals surface area contributed by atoms with Crippen molar-refractivity contribution in [1.29, 1.82) is 0 Å². The second-order valence-electron chi connectivity index (χ2n) is 8.75. The van der Waals surface area contributed by atoms with Crippen molar-refractivity contribution in [3.63, 3.8) is 0 Å². The third-order valence-corrected chi connectivity index (χ3v) is 7.29. The van der Waals surface area contributed by atoms with Gasteiger partial charge < -0.3 is 15.0 Å². The van der Waals surface area contributed by atoms with Crippen LogP contribution in [0, 0.1) is 0 Å². The van der Waals surface area contributed by atoms with Gasteiger partial charge in [-0.3, -0.25) is 16.1 Å². The first-order valence-electron chi connectivity index (χ1n) is 11.2. The fourth-order valence-corrected chi connectivity index (χ4v) is 5.61. The van der Waals surface area contributed by atoms with Gasteiger partial charge in [0.15, 0.2) is 6.29 Å². The Labute approximate surface area is 208 Å². The van der Waals surface area contributed by atoms with E-state index < -0.39 is 0 Å². The molecule has 0 saturated carbocycles. The zero-order valence-corrected chi connectivity index (χ0v) is 20.4. The molecule has 1 saturated heterocycles. The van der Waals surface area contributed by atoms with E-state index in [9.17, 15) is 0 Å². The van der Waals surface area contributed by atoms with Crippen LogP contribution >= 0.6 is 34.8 Å². The molecule has 1 fully saturated rings. The highest BCUT2D eigenvalue weighted by molar-refractivity contribution is 6.35. The molecule has 2 unspecified atom stereocenters. The normalized spacial score (nSPS) is 23.8. The molecule has 3 aliphatic rings. The van der Waals surface area contributed by atoms with Gasteiger partial charge in [0.2, 0.25) is 5.96 Å². The average Bonchev–Trinajstić information content (AvgIpc) is 3.15. The molecule has 0 bridgehead atoms. The Morgan fingerprint density at radius 3 is 2.52 bits per heavy atom. The Balaban J connectivity index is 1.37. The first-order chi connectivity index (χ1) is 16.0. The standard InChI is InChI=1S/C23H27Cl3N6O/c24-16-3-1-14(2-4-16)9-19-13-33-21-15(10-17(25)11-20(21)26)12-32(19)18-5-7-31(8-6-18)23-28-22(27)29-30-23/h1-4,10-11,18-19,22,29H,5-9,12-13,27H2,(H,28,30). The number of hydrazone groups is 1. The second-order valence-corrected chi connectivity index (χ2v) is 10.0. The van der Waals surface area contributed by atoms with Crippen LogP contribution in [0.1, 0.15) is 24.0 Å². The lowest BCUT2D eigenvalue weighted by Gasteiger charge is -2.41. The quantitative estimate of drug-likeness (QED) is 0.587. The van der Waals surface area contributed by atoms with Gasteiger partial charge in [-0.25, -0.2) is 0 Å². The first-order valence-corrected chi connectivity index (χ1v) is 12.3. The summed E-state index contributed by atoms with van der Waals surface area (Å²) < 4.78 is 6.26. The number of hydrogen-bond acceptors (Lipinski definition) is 7. The molecule has 7 nitrogen and oxygen atoms in total. The maximum atomic E-state index is 6.50. The van der Waals surface area contributed by atoms with Gasteiger partial charge in [-0.15, -0.1) is 5.10 Å². The van der Waals surface area contributed by atoms with Crippen LogP contribution < -0.4 is 21.2 Å². The lowest BCUT2D eigenvalue weighted by Crippen LogP contribution is -2.54. The van der Waals surface area contributed by atoms with E-state index in [1.54, 1.807) is 6.07 Å². The maximum Gasteiger partial charge on any atom is 0.219 e. The van der Waals surface area contributed by atoms with Crippen LogP contribution in [0.4, 0.5) is 0 Å². The Bertz CT molecular complexity index is 1030. The average molecular weight is 510 g/mol. The summed E-state index contributed by atoms with van der Waals surface area (Å²) >= 11 is 18.9. The van der Waals surface area contributed by atoms with Gasteiger partial charge in [-0.2, -0.15) is 0 Å². The van der Waals surface area contributed by atoms with Crippen LogP contribution in [-0.4, -0.2) is 53.8 Å². The van der Waals surface area contributed by atoms with E-state index in [0.29, 0.717) is 22.7 Å². The van der Waals surface area contributed by atoms with Crippen molar-refractivity contribution in [3.8, 4) is 5.75 Å². The number of piperidine rings is 1. The molecule has 3 heterocycles. The molecular formula is C23H27Cl3N6O. The van der Waals surface area contributed by atoms with E-state index >= 15 is 0 Å². The fourth-order valence-electron chi connectivity index (χ4n) is 4.90. The topological polar surface area (TPSA) is 78.2 Å². The summed E-state index contributed by atoms with van der Waals surface area (Å²) in [5.74, 6) is 1.56. The number of halogens is 3. The molecule has 0 spiro atoms. The summed E-state index contributed by atoms with van der Waals surface area (Å²) in [6, 6.07) is 12.4. The third kappa shape index (κ3) is 5.12. The van der Waals surface area contributed by atoms with Crippen molar-refractivity contribution in [3.05, 3.63) is 62.6 Å². The molecule has 3 aliphatic heterocycles. The number of guanidine groups is 1. The lowest BCUT2D eigenvalue weighted by atomic mass is 9.97. The van der Waals surface area contributed by atoms with Crippen molar-refractivity contribution in [2.45, 2.75) is 44.2 Å². The highest BCUT2D eigenvalue weighted by Gasteiger charge is 2.34. The molecule has 0 amide bonds. The zero-order valence-electron chi connectivity index (χ0n) is 18.1. The van der Waals surface area contributed by atoms with E-state index in [2.05, 4.69) is 37.8 Å². The molecule has 5 rings (SSSR count). The van der Waals surface area contributed by atoms with Crippen molar-refractivity contribution < 1.29 is 4.74 Å². The number of benzene rings is 2. The number of likely N-dealkylation sites (tertiary alicyclic amines) is 1. The first kappa shape index (κ1) is 22.9. The van der Waals surface area contributed by atoms with Crippen LogP contribution in [0.2, 0.25) is 15.1 Å². The fraction of sp³-hybridized carbons (Fsp3) is 0.435. The van der Waals surface area contributed by atoms with Crippen LogP contribution in [0.25, 0.3) is 0 Å². The largest absolute Gasteiger partial charge is 0.490 e. The molecule has 0 aromatic heterocycles. The number of rotatable bonds is 3. The number of ether oxygens (including phenoxy) is 1. The van der Waals surface area contributed by atoms with Crippen molar-refractivity contribution >= 4 is 40.8 Å². The molecule has 2 aromatic carbocycles. The number of nitrogens with two attached hydrogens (primary N) is 1. The molecule has 4 N–H and O–H groups in total. The minimum Gasteiger partial charge on any atom is -0.490 e. The summed E-state index contributed by atoms with van der Waals surface area (Å²) in [7, 11) is 0. The smallest absolute Gasteiger partial charge is 0.219 e. The molecule has 0 aliphatic carbocycles. The highest BCUT2D eigenvalue weighted by atomic mass is 35.5. The summed E-state index contributed by atoms with van der Waals surface area (Å²) in [4.78, 5) is 4.82. The molecule has 33 heavy (non-hydrogen) atoms. The second kappa shape index (κ2) is 9.76. The van der Waals surface area contributed by atoms with E-state index in [1.807, 2.05) is 18.2 Å². The van der Waals surface area contributed by atoms with E-state index in [1.165, 1.54) is 5.56 Å². The van der Waals surface area contributed by atoms with Gasteiger partial charge in [0, 0.05) is 47.3 Å². The molecule has 2 aromatic rings. The number of fused-ring (bicyclic) bond motifs is 1. The molecule has 2 atom stereocenters. The van der Waals surface area contributed by atoms with Gasteiger partial charge in [-0.05, 0) is 49.1 Å². The van der Waals surface area contributed by atoms with Crippen LogP contribution in [0.3, 0.4) is 0 Å². The summed E-state index contributed by atoms with van der Waals surface area (Å²) in [6.07, 6.45) is 2.56. The Hall–Kier alpha value is -1.90. The van der Waals surface area contributed by atoms with Crippen molar-refractivity contribution in [1.82, 2.24) is 20.5 Å². The molecule has 0 radical (unpaired) electrons. The van der Waals surface area contributed by atoms with Gasteiger partial charge >= 0.3 is 0 Å². The molecular weight excluding hydrogens is 483 g/mol. The Kier molecular flexibility index (Phi) is 6.77. The molecule has 10 heteroatoms. The summed E-state index contributed by atoms with van der Waals surface area (Å²) in [5.41, 5.74) is 11.0. The third-order valence-electron chi connectivity index (χ3n) is 6.54. The predicted octanol–water partition coefficient (Wildman–Crippen LogP) is 3.62. The minimum absolute atomic E-state index is 0.196. The van der Waals surface area contributed by atoms with Gasteiger partial charge in [0.25, 0.3) is 0 Å². The lowest BCUT2D eigenvalue weighted by molar-refractivity contribution is 0.0667. The maximum absolute atomic E-state index is 6.50. The monoisotopic (exact) mass is 508 g/mol. The van der Waals surface area contributed by atoms with E-state index in [4.69, 9.17) is 45.3 Å². The van der Waals surface area contributed by atoms with E-state index in [0.717, 1.165) is 61.2 Å². The van der Waals surface area contributed by atoms with Crippen LogP contribution in [-0.2, 0) is 13.0 Å². The SMILES string of the molecule is NC1NN=C(N2CCC(N3Cc4cc(Cl)cc(Cl)c4OCC3Cc3ccc(Cl)cc3)CC2)N1. The van der Waals surface area contributed by atoms with Gasteiger partial charge in [0.05, 0.1) is 5.02 Å². The highest BCUT2D eigenvalue weighted by Crippen LogP contribution is 2.37. The van der Waals surface area contributed by atoms with Crippen molar-refractivity contribution in [2.75, 3.05) is 19.7 Å². The summed E-state index contributed by atoms with van der Waals surface area (Å²) in [6.45, 7) is 3.10. The predicted molar refractivity (Wildman–Crippen MR) is 133 cm³/mol. The minimum atomic E-state index is -0.324. The van der Waals surface area contributed by atoms with Crippen LogP contribution in [0.5, 0.6) is 5.75 Å². The Morgan fingerprint density at radius 1 is 1.06 bits per heavy atom. The van der Waals surface area contributed by atoms with E-state index in [-0.39, 0.29) is 12.3 Å². The molecule has 176 valence electrons. The zero-order chi connectivity index (χ0) is 22.9. The van der Waals surface area contributed by atoms with Crippen molar-refractivity contribution in [2.24, 2.45) is 10.8 Å². The van der Waals surface area contributed by atoms with Gasteiger partial charge in [0.1, 0.15) is 12.4 Å². The van der Waals surface area contributed by atoms with Crippen LogP contribution in [0.15, 0.2) is 41.5 Å².